The van der Waals surface area contributed by atoms with Crippen LogP contribution in [0.3, 0.4) is 0 Å². The Morgan fingerprint density at radius 2 is 1.94 bits per heavy atom. The van der Waals surface area contributed by atoms with Crippen molar-refractivity contribution in [1.29, 1.82) is 0 Å². The summed E-state index contributed by atoms with van der Waals surface area (Å²) in [5.41, 5.74) is -1.60. The summed E-state index contributed by atoms with van der Waals surface area (Å²) in [5, 5.41) is 11.5. The Kier molecular flexibility index (Phi) is 6.85. The molecule has 0 saturated carbocycles. The molecular formula is C26H36FN3O3. The van der Waals surface area contributed by atoms with Crippen LogP contribution < -0.4 is 5.56 Å². The van der Waals surface area contributed by atoms with Gasteiger partial charge < -0.3 is 10.0 Å². The van der Waals surface area contributed by atoms with Gasteiger partial charge in [0.05, 0.1) is 24.2 Å². The highest BCUT2D eigenvalue weighted by molar-refractivity contribution is 5.78. The number of benzene rings is 1. The second kappa shape index (κ2) is 9.01. The van der Waals surface area contributed by atoms with E-state index in [-0.39, 0.29) is 40.6 Å². The van der Waals surface area contributed by atoms with E-state index in [9.17, 15) is 19.1 Å². The van der Waals surface area contributed by atoms with E-state index in [1.54, 1.807) is 18.2 Å². The van der Waals surface area contributed by atoms with Crippen LogP contribution in [0.15, 0.2) is 41.5 Å². The number of aromatic nitrogens is 2. The number of piperidine rings is 1. The standard InChI is InChI=1S/C26H36FN3O3/c1-18(14-24(2,3)4)23(32)29-12-11-26(33,25(5,6)15-29)16-30-17-28-21(13-22(30)31)19-9-7-8-10-20(19)27/h7-10,13,17-18,33H,11-12,14-16H2,1-6H3. The first kappa shape index (κ1) is 25.1. The third-order valence-corrected chi connectivity index (χ3v) is 6.75. The lowest BCUT2D eigenvalue weighted by Gasteiger charge is -2.51. The average molecular weight is 458 g/mol. The predicted octanol–water partition coefficient (Wildman–Crippen LogP) is 4.11. The second-order valence-electron chi connectivity index (χ2n) is 11.3. The molecule has 180 valence electrons. The lowest BCUT2D eigenvalue weighted by atomic mass is 9.69. The first-order valence-electron chi connectivity index (χ1n) is 11.5. The van der Waals surface area contributed by atoms with Gasteiger partial charge in [0.2, 0.25) is 5.91 Å². The molecule has 1 fully saturated rings. The molecule has 2 unspecified atom stereocenters. The van der Waals surface area contributed by atoms with Crippen molar-refractivity contribution in [3.05, 3.63) is 52.8 Å². The molecule has 6 nitrogen and oxygen atoms in total. The van der Waals surface area contributed by atoms with Gasteiger partial charge in [0.15, 0.2) is 0 Å². The lowest BCUT2D eigenvalue weighted by Crippen LogP contribution is -2.61. The summed E-state index contributed by atoms with van der Waals surface area (Å²) < 4.78 is 15.4. The first-order chi connectivity index (χ1) is 15.2. The average Bonchev–Trinajstić information content (AvgIpc) is 2.70. The summed E-state index contributed by atoms with van der Waals surface area (Å²) >= 11 is 0. The Morgan fingerprint density at radius 3 is 2.52 bits per heavy atom. The van der Waals surface area contributed by atoms with Crippen LogP contribution in [-0.4, -0.2) is 44.2 Å². The van der Waals surface area contributed by atoms with Crippen molar-refractivity contribution in [2.24, 2.45) is 16.7 Å². The third kappa shape index (κ3) is 5.52. The van der Waals surface area contributed by atoms with Gasteiger partial charge in [-0.05, 0) is 30.4 Å². The minimum atomic E-state index is -1.19. The maximum absolute atomic E-state index is 14.1. The molecule has 1 aliphatic heterocycles. The molecule has 0 spiro atoms. The number of likely N-dealkylation sites (tertiary alicyclic amines) is 1. The molecule has 1 saturated heterocycles. The van der Waals surface area contributed by atoms with E-state index in [0.29, 0.717) is 19.5 Å². The fourth-order valence-corrected chi connectivity index (χ4v) is 4.80. The summed E-state index contributed by atoms with van der Waals surface area (Å²) in [5.74, 6) is -0.433. The van der Waals surface area contributed by atoms with Gasteiger partial charge in [-0.3, -0.25) is 14.2 Å². The Labute approximate surface area is 195 Å². The summed E-state index contributed by atoms with van der Waals surface area (Å²) in [6, 6.07) is 7.46. The topological polar surface area (TPSA) is 75.4 Å². The SMILES string of the molecule is CC(CC(C)(C)C)C(=O)N1CCC(O)(Cn2cnc(-c3ccccc3F)cc2=O)C(C)(C)C1. The van der Waals surface area contributed by atoms with Crippen LogP contribution in [0.4, 0.5) is 4.39 Å². The number of hydrogen-bond acceptors (Lipinski definition) is 4. The highest BCUT2D eigenvalue weighted by atomic mass is 19.1. The first-order valence-corrected chi connectivity index (χ1v) is 11.5. The normalized spacial score (nSPS) is 21.6. The number of rotatable bonds is 5. The summed E-state index contributed by atoms with van der Waals surface area (Å²) in [7, 11) is 0. The Bertz CT molecular complexity index is 1070. The predicted molar refractivity (Wildman–Crippen MR) is 127 cm³/mol. The van der Waals surface area contributed by atoms with Crippen LogP contribution >= 0.6 is 0 Å². The molecular weight excluding hydrogens is 421 g/mol. The van der Waals surface area contributed by atoms with Crippen LogP contribution in [0.1, 0.15) is 54.4 Å². The van der Waals surface area contributed by atoms with Gasteiger partial charge in [0.1, 0.15) is 5.82 Å². The van der Waals surface area contributed by atoms with E-state index in [4.69, 9.17) is 0 Å². The number of amides is 1. The van der Waals surface area contributed by atoms with Crippen LogP contribution in [0.2, 0.25) is 0 Å². The van der Waals surface area contributed by atoms with Crippen LogP contribution in [0.25, 0.3) is 11.3 Å². The van der Waals surface area contributed by atoms with Gasteiger partial charge >= 0.3 is 0 Å². The van der Waals surface area contributed by atoms with Crippen molar-refractivity contribution in [1.82, 2.24) is 14.5 Å². The molecule has 2 atom stereocenters. The molecule has 1 aromatic carbocycles. The van der Waals surface area contributed by atoms with E-state index >= 15 is 0 Å². The van der Waals surface area contributed by atoms with Crippen LogP contribution in [0.5, 0.6) is 0 Å². The van der Waals surface area contributed by atoms with Crippen LogP contribution in [-0.2, 0) is 11.3 Å². The van der Waals surface area contributed by atoms with Crippen molar-refractivity contribution < 1.29 is 14.3 Å². The molecule has 1 aromatic heterocycles. The maximum atomic E-state index is 14.1. The number of nitrogens with zero attached hydrogens (tertiary/aromatic N) is 3. The van der Waals surface area contributed by atoms with Crippen molar-refractivity contribution in [3.8, 4) is 11.3 Å². The van der Waals surface area contributed by atoms with Crippen molar-refractivity contribution in [2.45, 2.75) is 66.5 Å². The largest absolute Gasteiger partial charge is 0.387 e. The molecule has 2 heterocycles. The summed E-state index contributed by atoms with van der Waals surface area (Å²) in [6.45, 7) is 13.1. The molecule has 1 amide bonds. The molecule has 0 bridgehead atoms. The zero-order valence-electron chi connectivity index (χ0n) is 20.6. The van der Waals surface area contributed by atoms with Crippen molar-refractivity contribution >= 4 is 5.91 Å². The Balaban J connectivity index is 1.76. The van der Waals surface area contributed by atoms with Gasteiger partial charge in [-0.2, -0.15) is 0 Å². The minimum absolute atomic E-state index is 0.0585. The number of carbonyl (C=O) groups excluding carboxylic acids is 1. The molecule has 2 aromatic rings. The van der Waals surface area contributed by atoms with Gasteiger partial charge in [-0.15, -0.1) is 0 Å². The fourth-order valence-electron chi connectivity index (χ4n) is 4.80. The Morgan fingerprint density at radius 1 is 1.27 bits per heavy atom. The zero-order valence-corrected chi connectivity index (χ0v) is 20.6. The number of carbonyl (C=O) groups is 1. The molecule has 0 radical (unpaired) electrons. The van der Waals surface area contributed by atoms with E-state index in [0.717, 1.165) is 6.42 Å². The summed E-state index contributed by atoms with van der Waals surface area (Å²) in [4.78, 5) is 31.9. The number of hydrogen-bond donors (Lipinski definition) is 1. The number of halogens is 1. The van der Waals surface area contributed by atoms with Gasteiger partial charge in [0, 0.05) is 36.1 Å². The van der Waals surface area contributed by atoms with E-state index in [1.807, 2.05) is 25.7 Å². The van der Waals surface area contributed by atoms with Gasteiger partial charge in [-0.25, -0.2) is 9.37 Å². The Hall–Kier alpha value is -2.54. The van der Waals surface area contributed by atoms with Gasteiger partial charge in [0.25, 0.3) is 5.56 Å². The van der Waals surface area contributed by atoms with Crippen molar-refractivity contribution in [2.75, 3.05) is 13.1 Å². The minimum Gasteiger partial charge on any atom is -0.387 e. The summed E-state index contributed by atoms with van der Waals surface area (Å²) in [6.07, 6.45) is 2.51. The molecule has 1 aliphatic rings. The lowest BCUT2D eigenvalue weighted by molar-refractivity contribution is -0.157. The fraction of sp³-hybridized carbons (Fsp3) is 0.577. The van der Waals surface area contributed by atoms with E-state index in [2.05, 4.69) is 25.8 Å². The highest BCUT2D eigenvalue weighted by Gasteiger charge is 2.49. The van der Waals surface area contributed by atoms with E-state index in [1.165, 1.54) is 23.0 Å². The third-order valence-electron chi connectivity index (χ3n) is 6.75. The molecule has 1 N–H and O–H groups in total. The molecule has 7 heteroatoms. The van der Waals surface area contributed by atoms with E-state index < -0.39 is 16.8 Å². The number of aliphatic hydroxyl groups is 1. The molecule has 33 heavy (non-hydrogen) atoms. The second-order valence-corrected chi connectivity index (χ2v) is 11.3. The zero-order chi connectivity index (χ0) is 24.6. The van der Waals surface area contributed by atoms with Gasteiger partial charge in [-0.1, -0.05) is 53.7 Å². The molecule has 0 aliphatic carbocycles. The smallest absolute Gasteiger partial charge is 0.253 e. The quantitative estimate of drug-likeness (QED) is 0.733. The maximum Gasteiger partial charge on any atom is 0.253 e. The molecule has 3 rings (SSSR count). The van der Waals surface area contributed by atoms with Crippen molar-refractivity contribution in [3.63, 3.8) is 0 Å². The monoisotopic (exact) mass is 457 g/mol. The van der Waals surface area contributed by atoms with Crippen LogP contribution in [0, 0.1) is 22.6 Å². The highest BCUT2D eigenvalue weighted by Crippen LogP contribution is 2.40.